The molecule has 0 unspecified atom stereocenters. The third kappa shape index (κ3) is 5.62. The first-order chi connectivity index (χ1) is 18.6. The molecule has 0 aliphatic rings. The summed E-state index contributed by atoms with van der Waals surface area (Å²) in [6.07, 6.45) is -0.964. The molecule has 0 fully saturated rings. The molecule has 0 saturated carbocycles. The maximum atomic E-state index is 13.3. The van der Waals surface area contributed by atoms with Crippen LogP contribution in [-0.4, -0.2) is 29.6 Å². The quantitative estimate of drug-likeness (QED) is 0.229. The van der Waals surface area contributed by atoms with Crippen molar-refractivity contribution < 1.29 is 17.6 Å². The summed E-state index contributed by atoms with van der Waals surface area (Å²) in [7, 11) is 1.95. The van der Waals surface area contributed by atoms with E-state index in [4.69, 9.17) is 4.42 Å². The minimum Gasteiger partial charge on any atom is -0.464 e. The zero-order chi connectivity index (χ0) is 27.7. The number of rotatable bonds is 8. The van der Waals surface area contributed by atoms with E-state index in [1.807, 2.05) is 63.5 Å². The van der Waals surface area contributed by atoms with Crippen LogP contribution < -0.4 is 10.7 Å². The summed E-state index contributed by atoms with van der Waals surface area (Å²) in [6.45, 7) is 6.34. The molecule has 0 aliphatic carbocycles. The highest BCUT2D eigenvalue weighted by Gasteiger charge is 2.30. The van der Waals surface area contributed by atoms with Crippen LogP contribution in [-0.2, 0) is 19.3 Å². The molecule has 0 amide bonds. The van der Waals surface area contributed by atoms with E-state index < -0.39 is 11.7 Å². The fraction of sp³-hybridized carbons (Fsp3) is 0.258. The number of aryl methyl sites for hydroxylation is 2. The predicted molar refractivity (Wildman–Crippen MR) is 148 cm³/mol. The molecule has 0 spiro atoms. The highest BCUT2D eigenvalue weighted by Crippen LogP contribution is 2.32. The van der Waals surface area contributed by atoms with Crippen LogP contribution in [0.4, 0.5) is 13.2 Å². The van der Waals surface area contributed by atoms with Crippen molar-refractivity contribution in [2.45, 2.75) is 33.1 Å². The van der Waals surface area contributed by atoms with E-state index >= 15 is 0 Å². The average Bonchev–Trinajstić information content (AvgIpc) is 3.28. The molecule has 5 rings (SSSR count). The average molecular weight is 534 g/mol. The van der Waals surface area contributed by atoms with Gasteiger partial charge in [0, 0.05) is 49.0 Å². The van der Waals surface area contributed by atoms with Gasteiger partial charge in [0.2, 0.25) is 0 Å². The topological polar surface area (TPSA) is 50.4 Å². The van der Waals surface area contributed by atoms with Gasteiger partial charge in [0.25, 0.3) is 0 Å². The molecule has 3 aromatic carbocycles. The van der Waals surface area contributed by atoms with Gasteiger partial charge >= 0.3 is 6.18 Å². The largest absolute Gasteiger partial charge is 0.464 e. The lowest BCUT2D eigenvalue weighted by atomic mass is 10.1. The molecule has 0 saturated heterocycles. The summed E-state index contributed by atoms with van der Waals surface area (Å²) in [5, 5.41) is 5.01. The van der Waals surface area contributed by atoms with E-state index in [9.17, 15) is 18.0 Å². The lowest BCUT2D eigenvalue weighted by Gasteiger charge is -2.16. The maximum absolute atomic E-state index is 13.3. The molecule has 2 heterocycles. The molecule has 39 heavy (non-hydrogen) atoms. The molecule has 1 N–H and O–H groups in total. The Kier molecular flexibility index (Phi) is 7.34. The van der Waals surface area contributed by atoms with Crippen molar-refractivity contribution in [1.82, 2.24) is 14.8 Å². The summed E-state index contributed by atoms with van der Waals surface area (Å²) in [4.78, 5) is 15.0. The number of halogens is 3. The fourth-order valence-corrected chi connectivity index (χ4v) is 4.83. The van der Waals surface area contributed by atoms with Gasteiger partial charge in [0.1, 0.15) is 5.58 Å². The van der Waals surface area contributed by atoms with Gasteiger partial charge in [0.15, 0.2) is 5.43 Å². The van der Waals surface area contributed by atoms with E-state index in [-0.39, 0.29) is 5.43 Å². The molecule has 5 aromatic rings. The number of alkyl halides is 3. The number of benzene rings is 3. The highest BCUT2D eigenvalue weighted by molar-refractivity contribution is 5.85. The van der Waals surface area contributed by atoms with Crippen molar-refractivity contribution >= 4 is 21.9 Å². The monoisotopic (exact) mass is 533 g/mol. The number of hydrogen-bond donors (Lipinski definition) is 1. The Morgan fingerprint density at radius 2 is 1.72 bits per heavy atom. The third-order valence-electron chi connectivity index (χ3n) is 7.13. The number of nitrogens with one attached hydrogen (secondary N) is 1. The number of aromatic nitrogens is 1. The van der Waals surface area contributed by atoms with Crippen LogP contribution in [0.15, 0.2) is 82.3 Å². The zero-order valence-electron chi connectivity index (χ0n) is 22.1. The minimum absolute atomic E-state index is 0.0124. The van der Waals surface area contributed by atoms with Gasteiger partial charge in [-0.25, -0.2) is 0 Å². The Morgan fingerprint density at radius 1 is 0.949 bits per heavy atom. The number of para-hydroxylation sites is 1. The van der Waals surface area contributed by atoms with Gasteiger partial charge in [0.05, 0.1) is 22.7 Å². The number of likely N-dealkylation sites (N-methyl/N-ethyl adjacent to an activating group) is 1. The molecule has 8 heteroatoms. The summed E-state index contributed by atoms with van der Waals surface area (Å²) in [6, 6.07) is 16.8. The summed E-state index contributed by atoms with van der Waals surface area (Å²) < 4.78 is 47.4. The Labute approximate surface area is 224 Å². The van der Waals surface area contributed by atoms with Crippen molar-refractivity contribution in [3.63, 3.8) is 0 Å². The lowest BCUT2D eigenvalue weighted by Crippen LogP contribution is -2.30. The van der Waals surface area contributed by atoms with E-state index in [2.05, 4.69) is 10.2 Å². The Bertz CT molecular complexity index is 1700. The molecule has 2 aromatic heterocycles. The van der Waals surface area contributed by atoms with Crippen LogP contribution in [0, 0.1) is 13.8 Å². The van der Waals surface area contributed by atoms with Crippen molar-refractivity contribution in [1.29, 1.82) is 0 Å². The number of hydrogen-bond acceptors (Lipinski definition) is 4. The molecule has 202 valence electrons. The third-order valence-corrected chi connectivity index (χ3v) is 7.13. The highest BCUT2D eigenvalue weighted by atomic mass is 19.4. The molecule has 0 radical (unpaired) electrons. The Balaban J connectivity index is 1.25. The summed E-state index contributed by atoms with van der Waals surface area (Å²) >= 11 is 0. The first-order valence-electron chi connectivity index (χ1n) is 12.8. The van der Waals surface area contributed by atoms with Gasteiger partial charge in [-0.2, -0.15) is 13.2 Å². The smallest absolute Gasteiger partial charge is 0.416 e. The number of nitrogens with zero attached hydrogens (tertiary/aromatic N) is 2. The van der Waals surface area contributed by atoms with Gasteiger partial charge in [-0.3, -0.25) is 4.79 Å². The van der Waals surface area contributed by atoms with Crippen LogP contribution in [0.1, 0.15) is 27.8 Å². The minimum atomic E-state index is -4.40. The van der Waals surface area contributed by atoms with Crippen LogP contribution in [0.2, 0.25) is 0 Å². The van der Waals surface area contributed by atoms with E-state index in [0.717, 1.165) is 33.7 Å². The zero-order valence-corrected chi connectivity index (χ0v) is 22.1. The van der Waals surface area contributed by atoms with E-state index in [1.165, 1.54) is 12.1 Å². The first kappa shape index (κ1) is 26.7. The fourth-order valence-electron chi connectivity index (χ4n) is 4.83. The van der Waals surface area contributed by atoms with Crippen molar-refractivity contribution in [2.75, 3.05) is 20.1 Å². The molecular formula is C31H30F3N3O2. The predicted octanol–water partition coefficient (Wildman–Crippen LogP) is 6.59. The Hall–Kier alpha value is -3.88. The summed E-state index contributed by atoms with van der Waals surface area (Å²) in [5.41, 5.74) is 4.96. The normalized spacial score (nSPS) is 12.2. The second-order valence-corrected chi connectivity index (χ2v) is 10.0. The van der Waals surface area contributed by atoms with Gasteiger partial charge in [-0.05, 0) is 74.0 Å². The molecule has 0 bridgehead atoms. The van der Waals surface area contributed by atoms with Crippen LogP contribution in [0.5, 0.6) is 0 Å². The van der Waals surface area contributed by atoms with E-state index in [0.29, 0.717) is 48.4 Å². The molecule has 0 aliphatic heterocycles. The van der Waals surface area contributed by atoms with Crippen LogP contribution >= 0.6 is 0 Å². The van der Waals surface area contributed by atoms with Crippen LogP contribution in [0.25, 0.3) is 27.6 Å². The molecular weight excluding hydrogens is 503 g/mol. The maximum Gasteiger partial charge on any atom is 0.416 e. The second kappa shape index (κ2) is 10.7. The molecule has 5 nitrogen and oxygen atoms in total. The Morgan fingerprint density at radius 3 is 2.51 bits per heavy atom. The SMILES string of the molecule is Cc1cc2occ(CN(C)CCNCc3cn(-c4cccc(C(F)(F)F)c4)c4ccccc34)c(=O)c2cc1C. The van der Waals surface area contributed by atoms with Gasteiger partial charge < -0.3 is 19.2 Å². The van der Waals surface area contributed by atoms with Crippen molar-refractivity contribution in [3.8, 4) is 5.69 Å². The first-order valence-corrected chi connectivity index (χ1v) is 12.8. The van der Waals surface area contributed by atoms with Crippen LogP contribution in [0.3, 0.4) is 0 Å². The summed E-state index contributed by atoms with van der Waals surface area (Å²) in [5.74, 6) is 0. The lowest BCUT2D eigenvalue weighted by molar-refractivity contribution is -0.137. The van der Waals surface area contributed by atoms with Gasteiger partial charge in [-0.1, -0.05) is 24.3 Å². The van der Waals surface area contributed by atoms with Gasteiger partial charge in [-0.15, -0.1) is 0 Å². The van der Waals surface area contributed by atoms with Crippen molar-refractivity contribution in [2.24, 2.45) is 0 Å². The van der Waals surface area contributed by atoms with E-state index in [1.54, 1.807) is 16.9 Å². The standard InChI is InChI=1S/C31H30F3N3O2/c1-20-13-27-29(14-21(20)2)39-19-23(30(27)38)17-36(3)12-11-35-16-22-18-37(28-10-5-4-9-26(22)28)25-8-6-7-24(15-25)31(32,33)34/h4-10,13-15,18-19,35H,11-12,16-17H2,1-3H3. The van der Waals surface area contributed by atoms with Crippen molar-refractivity contribution in [3.05, 3.63) is 111 Å². The molecule has 0 atom stereocenters. The second-order valence-electron chi connectivity index (χ2n) is 10.0. The number of fused-ring (bicyclic) bond motifs is 2.